The molecule has 0 aromatic heterocycles. The minimum absolute atomic E-state index is 0.179. The van der Waals surface area contributed by atoms with Gasteiger partial charge in [0.15, 0.2) is 0 Å². The molecule has 0 saturated heterocycles. The van der Waals surface area contributed by atoms with Gasteiger partial charge in [0.25, 0.3) is 0 Å². The lowest BCUT2D eigenvalue weighted by Crippen LogP contribution is -2.42. The number of hydrogen-bond donors (Lipinski definition) is 2. The Bertz CT molecular complexity index is 191. The molecule has 76 valence electrons. The van der Waals surface area contributed by atoms with Gasteiger partial charge >= 0.3 is 11.9 Å². The second kappa shape index (κ2) is 5.66. The third kappa shape index (κ3) is 4.59. The zero-order valence-electron chi connectivity index (χ0n) is 7.82. The predicted molar refractivity (Wildman–Crippen MR) is 45.7 cm³/mol. The highest BCUT2D eigenvalue weighted by molar-refractivity contribution is 5.88. The Morgan fingerprint density at radius 2 is 2.08 bits per heavy atom. The monoisotopic (exact) mass is 189 g/mol. The molecule has 3 N–H and O–H groups in total. The Morgan fingerprint density at radius 1 is 1.54 bits per heavy atom. The Labute approximate surface area is 76.9 Å². The van der Waals surface area contributed by atoms with Crippen LogP contribution in [0, 0.1) is 0 Å². The van der Waals surface area contributed by atoms with Gasteiger partial charge in [-0.15, -0.1) is 0 Å². The molecular weight excluding hydrogens is 174 g/mol. The van der Waals surface area contributed by atoms with Crippen LogP contribution in [-0.4, -0.2) is 29.2 Å². The van der Waals surface area contributed by atoms with Crippen molar-refractivity contribution < 1.29 is 19.4 Å². The molecule has 0 aromatic rings. The standard InChI is InChI=1S/C8H15NO4/c1-3-4-6(11)13-8(12)7(9)5(2)10/h5,7,10H,3-4,9H2,1-2H3. The van der Waals surface area contributed by atoms with Crippen molar-refractivity contribution in [2.45, 2.75) is 38.8 Å². The number of rotatable bonds is 4. The van der Waals surface area contributed by atoms with Crippen molar-refractivity contribution in [3.05, 3.63) is 0 Å². The van der Waals surface area contributed by atoms with E-state index in [0.717, 1.165) is 0 Å². The van der Waals surface area contributed by atoms with Gasteiger partial charge in [0.05, 0.1) is 6.10 Å². The van der Waals surface area contributed by atoms with Crippen LogP contribution >= 0.6 is 0 Å². The fourth-order valence-electron chi connectivity index (χ4n) is 0.632. The van der Waals surface area contributed by atoms with Gasteiger partial charge in [0.2, 0.25) is 0 Å². The highest BCUT2D eigenvalue weighted by atomic mass is 16.6. The van der Waals surface area contributed by atoms with E-state index in [4.69, 9.17) is 10.8 Å². The molecule has 0 saturated carbocycles. The number of carbonyl (C=O) groups excluding carboxylic acids is 2. The molecule has 0 spiro atoms. The second-order valence-corrected chi connectivity index (χ2v) is 2.81. The molecule has 5 heteroatoms. The average molecular weight is 189 g/mol. The third-order valence-electron chi connectivity index (χ3n) is 1.46. The number of esters is 2. The summed E-state index contributed by atoms with van der Waals surface area (Å²) in [6, 6.07) is -1.15. The fourth-order valence-corrected chi connectivity index (χ4v) is 0.632. The molecule has 0 aliphatic carbocycles. The van der Waals surface area contributed by atoms with E-state index in [0.29, 0.717) is 6.42 Å². The van der Waals surface area contributed by atoms with E-state index in [1.165, 1.54) is 6.92 Å². The van der Waals surface area contributed by atoms with Crippen LogP contribution in [-0.2, 0) is 14.3 Å². The zero-order chi connectivity index (χ0) is 10.4. The van der Waals surface area contributed by atoms with Gasteiger partial charge < -0.3 is 15.6 Å². The number of ether oxygens (including phenoxy) is 1. The zero-order valence-corrected chi connectivity index (χ0v) is 7.82. The summed E-state index contributed by atoms with van der Waals surface area (Å²) in [5.41, 5.74) is 5.23. The van der Waals surface area contributed by atoms with E-state index >= 15 is 0 Å². The third-order valence-corrected chi connectivity index (χ3v) is 1.46. The Kier molecular flexibility index (Phi) is 5.25. The molecule has 0 aromatic carbocycles. The maximum absolute atomic E-state index is 10.9. The molecule has 0 heterocycles. The molecule has 0 aliphatic heterocycles. The maximum Gasteiger partial charge on any atom is 0.333 e. The summed E-state index contributed by atoms with van der Waals surface area (Å²) in [5, 5.41) is 8.90. The molecule has 0 aliphatic rings. The molecule has 2 atom stereocenters. The minimum atomic E-state index is -1.15. The molecule has 5 nitrogen and oxygen atoms in total. The van der Waals surface area contributed by atoms with E-state index in [9.17, 15) is 9.59 Å². The van der Waals surface area contributed by atoms with E-state index in [1.807, 2.05) is 0 Å². The minimum Gasteiger partial charge on any atom is -0.392 e. The molecule has 0 radical (unpaired) electrons. The van der Waals surface area contributed by atoms with Crippen LogP contribution in [0.4, 0.5) is 0 Å². The summed E-state index contributed by atoms with van der Waals surface area (Å²) < 4.78 is 4.35. The first-order valence-electron chi connectivity index (χ1n) is 4.17. The van der Waals surface area contributed by atoms with Crippen LogP contribution in [0.2, 0.25) is 0 Å². The van der Waals surface area contributed by atoms with Crippen molar-refractivity contribution >= 4 is 11.9 Å². The molecule has 0 fully saturated rings. The van der Waals surface area contributed by atoms with Gasteiger partial charge in [-0.25, -0.2) is 4.79 Å². The number of hydrogen-bond acceptors (Lipinski definition) is 5. The van der Waals surface area contributed by atoms with Crippen molar-refractivity contribution in [2.75, 3.05) is 0 Å². The Hall–Kier alpha value is -0.940. The predicted octanol–water partition coefficient (Wildman–Crippen LogP) is -0.436. The lowest BCUT2D eigenvalue weighted by Gasteiger charge is -2.11. The van der Waals surface area contributed by atoms with Crippen LogP contribution in [0.1, 0.15) is 26.7 Å². The first kappa shape index (κ1) is 12.1. The summed E-state index contributed by atoms with van der Waals surface area (Å²) in [4.78, 5) is 21.7. The summed E-state index contributed by atoms with van der Waals surface area (Å²) in [6.07, 6.45) is -0.226. The molecular formula is C8H15NO4. The summed E-state index contributed by atoms with van der Waals surface area (Å²) in [5.74, 6) is -1.49. The van der Waals surface area contributed by atoms with Crippen LogP contribution in [0.3, 0.4) is 0 Å². The average Bonchev–Trinajstić information content (AvgIpc) is 2.03. The lowest BCUT2D eigenvalue weighted by molar-refractivity contribution is -0.162. The fraction of sp³-hybridized carbons (Fsp3) is 0.750. The van der Waals surface area contributed by atoms with Gasteiger partial charge in [0, 0.05) is 6.42 Å². The molecule has 0 rings (SSSR count). The van der Waals surface area contributed by atoms with Gasteiger partial charge in [-0.05, 0) is 13.3 Å². The lowest BCUT2D eigenvalue weighted by atomic mass is 10.2. The highest BCUT2D eigenvalue weighted by Gasteiger charge is 2.22. The molecule has 0 bridgehead atoms. The van der Waals surface area contributed by atoms with Crippen molar-refractivity contribution in [3.8, 4) is 0 Å². The van der Waals surface area contributed by atoms with Crippen LogP contribution in [0.25, 0.3) is 0 Å². The molecule has 0 amide bonds. The summed E-state index contributed by atoms with van der Waals surface area (Å²) in [6.45, 7) is 3.15. The van der Waals surface area contributed by atoms with E-state index in [2.05, 4.69) is 4.74 Å². The number of aliphatic hydroxyl groups excluding tert-OH is 1. The smallest absolute Gasteiger partial charge is 0.333 e. The van der Waals surface area contributed by atoms with Gasteiger partial charge in [0.1, 0.15) is 6.04 Å². The SMILES string of the molecule is CCCC(=O)OC(=O)C(N)C(C)O. The van der Waals surface area contributed by atoms with E-state index in [1.54, 1.807) is 6.92 Å². The Morgan fingerprint density at radius 3 is 2.46 bits per heavy atom. The van der Waals surface area contributed by atoms with Crippen molar-refractivity contribution in [1.29, 1.82) is 0 Å². The van der Waals surface area contributed by atoms with E-state index < -0.39 is 24.1 Å². The molecule has 2 unspecified atom stereocenters. The van der Waals surface area contributed by atoms with Gasteiger partial charge in [-0.2, -0.15) is 0 Å². The summed E-state index contributed by atoms with van der Waals surface area (Å²) >= 11 is 0. The van der Waals surface area contributed by atoms with Crippen LogP contribution < -0.4 is 5.73 Å². The first-order chi connectivity index (χ1) is 5.99. The largest absolute Gasteiger partial charge is 0.392 e. The number of nitrogens with two attached hydrogens (primary N) is 1. The normalized spacial score (nSPS) is 14.8. The number of carbonyl (C=O) groups is 2. The Balaban J connectivity index is 3.93. The number of aliphatic hydroxyl groups is 1. The second-order valence-electron chi connectivity index (χ2n) is 2.81. The van der Waals surface area contributed by atoms with Crippen molar-refractivity contribution in [1.82, 2.24) is 0 Å². The topological polar surface area (TPSA) is 89.6 Å². The summed E-state index contributed by atoms with van der Waals surface area (Å²) in [7, 11) is 0. The van der Waals surface area contributed by atoms with Gasteiger partial charge in [-0.1, -0.05) is 6.92 Å². The van der Waals surface area contributed by atoms with E-state index in [-0.39, 0.29) is 6.42 Å². The maximum atomic E-state index is 10.9. The quantitative estimate of drug-likeness (QED) is 0.462. The van der Waals surface area contributed by atoms with Gasteiger partial charge in [-0.3, -0.25) is 4.79 Å². The van der Waals surface area contributed by atoms with Crippen LogP contribution in [0.15, 0.2) is 0 Å². The first-order valence-corrected chi connectivity index (χ1v) is 4.17. The highest BCUT2D eigenvalue weighted by Crippen LogP contribution is 1.96. The molecule has 13 heavy (non-hydrogen) atoms. The van der Waals surface area contributed by atoms with Crippen molar-refractivity contribution in [3.63, 3.8) is 0 Å². The van der Waals surface area contributed by atoms with Crippen molar-refractivity contribution in [2.24, 2.45) is 5.73 Å². The van der Waals surface area contributed by atoms with Crippen LogP contribution in [0.5, 0.6) is 0 Å².